The van der Waals surface area contributed by atoms with E-state index in [0.717, 1.165) is 9.87 Å². The van der Waals surface area contributed by atoms with Gasteiger partial charge in [0, 0.05) is 19.2 Å². The van der Waals surface area contributed by atoms with E-state index in [1.54, 1.807) is 18.2 Å². The highest BCUT2D eigenvalue weighted by atomic mass is 32.2. The Balaban J connectivity index is 1.55. The first-order chi connectivity index (χ1) is 13.9. The summed E-state index contributed by atoms with van der Waals surface area (Å²) in [4.78, 5) is 12.7. The molecule has 0 saturated carbocycles. The minimum absolute atomic E-state index is 0.000675. The summed E-state index contributed by atoms with van der Waals surface area (Å²) in [5, 5.41) is 2.77. The fraction of sp³-hybridized carbons (Fsp3) is 0.200. The Morgan fingerprint density at radius 1 is 1.14 bits per heavy atom. The predicted molar refractivity (Wildman–Crippen MR) is 107 cm³/mol. The molecule has 2 heterocycles. The number of hydrogen-bond acceptors (Lipinski definition) is 5. The second-order valence-electron chi connectivity index (χ2n) is 6.51. The average Bonchev–Trinajstić information content (AvgIpc) is 3.18. The number of carbonyl (C=O) groups is 1. The maximum atomic E-state index is 12.7. The average molecular weight is 413 g/mol. The van der Waals surface area contributed by atoms with Crippen molar-refractivity contribution in [1.82, 2.24) is 9.62 Å². The van der Waals surface area contributed by atoms with E-state index in [-0.39, 0.29) is 18.2 Å². The molecule has 29 heavy (non-hydrogen) atoms. The third-order valence-corrected chi connectivity index (χ3v) is 5.93. The molecule has 0 aliphatic carbocycles. The van der Waals surface area contributed by atoms with Crippen LogP contribution in [0.15, 0.2) is 64.7 Å². The van der Waals surface area contributed by atoms with Gasteiger partial charge in [-0.1, -0.05) is 30.3 Å². The van der Waals surface area contributed by atoms with E-state index in [4.69, 9.17) is 9.47 Å². The van der Waals surface area contributed by atoms with E-state index in [0.29, 0.717) is 30.0 Å². The van der Waals surface area contributed by atoms with Crippen molar-refractivity contribution in [2.45, 2.75) is 6.42 Å². The zero-order valence-corrected chi connectivity index (χ0v) is 16.5. The van der Waals surface area contributed by atoms with Crippen LogP contribution in [0.5, 0.6) is 11.5 Å². The number of benzene rings is 2. The largest absolute Gasteiger partial charge is 0.454 e. The third-order valence-electron chi connectivity index (χ3n) is 4.62. The Kier molecular flexibility index (Phi) is 4.98. The first kappa shape index (κ1) is 19.0. The van der Waals surface area contributed by atoms with Crippen LogP contribution in [0.3, 0.4) is 0 Å². The molecule has 150 valence electrons. The second kappa shape index (κ2) is 7.59. The normalized spacial score (nSPS) is 16.8. The second-order valence-corrected chi connectivity index (χ2v) is 8.14. The van der Waals surface area contributed by atoms with Crippen molar-refractivity contribution in [2.75, 3.05) is 20.4 Å². The molecule has 0 aromatic heterocycles. The number of nitrogens with one attached hydrogen (secondary N) is 1. The van der Waals surface area contributed by atoms with Crippen molar-refractivity contribution in [3.05, 3.63) is 71.4 Å². The molecule has 2 aliphatic rings. The van der Waals surface area contributed by atoms with Crippen LogP contribution >= 0.6 is 0 Å². The summed E-state index contributed by atoms with van der Waals surface area (Å²) in [5.74, 6) is 0.594. The molecule has 0 spiro atoms. The summed E-state index contributed by atoms with van der Waals surface area (Å²) in [6, 6.07) is 14.7. The van der Waals surface area contributed by atoms with Gasteiger partial charge in [0.2, 0.25) is 6.79 Å². The number of allylic oxidation sites excluding steroid dienone is 1. The molecule has 2 aromatic carbocycles. The van der Waals surface area contributed by atoms with Crippen molar-refractivity contribution >= 4 is 21.8 Å². The van der Waals surface area contributed by atoms with E-state index in [1.165, 1.54) is 13.1 Å². The quantitative estimate of drug-likeness (QED) is 0.804. The highest BCUT2D eigenvalue weighted by Crippen LogP contribution is 2.33. The summed E-state index contributed by atoms with van der Waals surface area (Å²) in [6.45, 7) is 0.488. The molecule has 0 unspecified atom stereocenters. The molecule has 1 N–H and O–H groups in total. The lowest BCUT2D eigenvalue weighted by Gasteiger charge is -2.23. The maximum absolute atomic E-state index is 12.7. The van der Waals surface area contributed by atoms with Gasteiger partial charge >= 0.3 is 10.2 Å². The number of hydrogen-bond donors (Lipinski definition) is 1. The Hall–Kier alpha value is -3.33. The van der Waals surface area contributed by atoms with Gasteiger partial charge in [0.15, 0.2) is 11.5 Å². The first-order valence-electron chi connectivity index (χ1n) is 8.97. The smallest absolute Gasteiger partial charge is 0.345 e. The van der Waals surface area contributed by atoms with E-state index in [9.17, 15) is 13.2 Å². The van der Waals surface area contributed by atoms with Gasteiger partial charge in [-0.25, -0.2) is 4.31 Å². The number of likely N-dealkylation sites (N-methyl/N-ethyl adjacent to an activating group) is 1. The van der Waals surface area contributed by atoms with E-state index >= 15 is 0 Å². The molecule has 9 heteroatoms. The van der Waals surface area contributed by atoms with Crippen LogP contribution < -0.4 is 14.8 Å². The molecule has 2 aromatic rings. The van der Waals surface area contributed by atoms with Crippen LogP contribution in [-0.2, 0) is 21.4 Å². The minimum atomic E-state index is -4.02. The highest BCUT2D eigenvalue weighted by Gasteiger charge is 2.30. The summed E-state index contributed by atoms with van der Waals surface area (Å²) < 4.78 is 40.2. The lowest BCUT2D eigenvalue weighted by Crippen LogP contribution is -2.39. The first-order valence-corrected chi connectivity index (χ1v) is 10.4. The lowest BCUT2D eigenvalue weighted by molar-refractivity contribution is -0.118. The van der Waals surface area contributed by atoms with Crippen LogP contribution in [0.4, 0.5) is 0 Å². The van der Waals surface area contributed by atoms with Crippen molar-refractivity contribution in [3.63, 3.8) is 0 Å². The standard InChI is InChI=1S/C20H19N3O5S/c1-23-17(20(24)21-10-9-14-5-3-2-4-6-14)12-16(22-29(23,25)26)15-7-8-18-19(11-15)28-13-27-18/h2-8,11-12H,9-10,13H2,1H3,(H,21,24). The van der Waals surface area contributed by atoms with Crippen molar-refractivity contribution in [1.29, 1.82) is 0 Å². The molecule has 1 amide bonds. The van der Waals surface area contributed by atoms with Crippen LogP contribution in [0.25, 0.3) is 0 Å². The lowest BCUT2D eigenvalue weighted by atomic mass is 10.1. The van der Waals surface area contributed by atoms with Crippen LogP contribution in [0.1, 0.15) is 11.1 Å². The predicted octanol–water partition coefficient (Wildman–Crippen LogP) is 1.64. The maximum Gasteiger partial charge on any atom is 0.345 e. The zero-order valence-electron chi connectivity index (χ0n) is 15.7. The fourth-order valence-corrected chi connectivity index (χ4v) is 3.93. The van der Waals surface area contributed by atoms with Gasteiger partial charge in [-0.3, -0.25) is 4.79 Å². The van der Waals surface area contributed by atoms with Gasteiger partial charge in [0.05, 0.1) is 5.71 Å². The van der Waals surface area contributed by atoms with E-state index in [2.05, 4.69) is 9.71 Å². The number of nitrogens with zero attached hydrogens (tertiary/aromatic N) is 2. The van der Waals surface area contributed by atoms with Gasteiger partial charge in [-0.05, 0) is 36.3 Å². The molecule has 0 atom stereocenters. The van der Waals surface area contributed by atoms with Crippen LogP contribution in [0, 0.1) is 0 Å². The van der Waals surface area contributed by atoms with Gasteiger partial charge in [0.25, 0.3) is 5.91 Å². The molecule has 4 rings (SSSR count). The Bertz CT molecular complexity index is 1110. The minimum Gasteiger partial charge on any atom is -0.454 e. The molecular weight excluding hydrogens is 394 g/mol. The van der Waals surface area contributed by atoms with E-state index < -0.39 is 16.1 Å². The molecule has 0 bridgehead atoms. The van der Waals surface area contributed by atoms with Crippen molar-refractivity contribution in [3.8, 4) is 11.5 Å². The van der Waals surface area contributed by atoms with Gasteiger partial charge < -0.3 is 14.8 Å². The van der Waals surface area contributed by atoms with Crippen molar-refractivity contribution < 1.29 is 22.7 Å². The highest BCUT2D eigenvalue weighted by molar-refractivity contribution is 7.88. The summed E-state index contributed by atoms with van der Waals surface area (Å²) >= 11 is 0. The third kappa shape index (κ3) is 3.95. The number of fused-ring (bicyclic) bond motifs is 1. The molecule has 0 radical (unpaired) electrons. The number of amides is 1. The van der Waals surface area contributed by atoms with E-state index in [1.807, 2.05) is 30.3 Å². The Labute approximate surface area is 168 Å². The fourth-order valence-electron chi connectivity index (χ4n) is 3.01. The molecule has 2 aliphatic heterocycles. The monoisotopic (exact) mass is 413 g/mol. The van der Waals surface area contributed by atoms with Gasteiger partial charge in [0.1, 0.15) is 5.70 Å². The zero-order chi connectivity index (χ0) is 20.4. The molecular formula is C20H19N3O5S. The topological polar surface area (TPSA) is 97.3 Å². The van der Waals surface area contributed by atoms with Gasteiger partial charge in [-0.2, -0.15) is 8.42 Å². The van der Waals surface area contributed by atoms with Gasteiger partial charge in [-0.15, -0.1) is 4.40 Å². The SMILES string of the molecule is CN1C(C(=O)NCCc2ccccc2)=CC(c2ccc3c(c2)OCO3)=NS1(=O)=O. The Morgan fingerprint density at radius 3 is 2.69 bits per heavy atom. The summed E-state index contributed by atoms with van der Waals surface area (Å²) in [5.41, 5.74) is 1.75. The molecule has 8 nitrogen and oxygen atoms in total. The summed E-state index contributed by atoms with van der Waals surface area (Å²) in [6.07, 6.45) is 2.09. The summed E-state index contributed by atoms with van der Waals surface area (Å²) in [7, 11) is -2.72. The number of rotatable bonds is 5. The van der Waals surface area contributed by atoms with Crippen molar-refractivity contribution in [2.24, 2.45) is 4.40 Å². The molecule has 0 fully saturated rings. The van der Waals surface area contributed by atoms with Crippen LogP contribution in [0.2, 0.25) is 0 Å². The van der Waals surface area contributed by atoms with Crippen LogP contribution in [-0.4, -0.2) is 44.7 Å². The number of ether oxygens (including phenoxy) is 2. The Morgan fingerprint density at radius 2 is 1.90 bits per heavy atom. The molecule has 0 saturated heterocycles. The number of carbonyl (C=O) groups excluding carboxylic acids is 1.